The Morgan fingerprint density at radius 3 is 2.62 bits per heavy atom. The standard InChI is InChI=1S/C12H25NO3/c1-4-15-9-11(2)13-10-12(14-3)5-7-16-8-6-12/h11,13H,4-10H2,1-3H3. The van der Waals surface area contributed by atoms with E-state index in [1.54, 1.807) is 7.11 Å². The van der Waals surface area contributed by atoms with Gasteiger partial charge in [-0.15, -0.1) is 0 Å². The lowest BCUT2D eigenvalue weighted by molar-refractivity contribution is -0.0892. The third-order valence-electron chi connectivity index (χ3n) is 3.18. The van der Waals surface area contributed by atoms with Crippen LogP contribution in [-0.2, 0) is 14.2 Å². The Kier molecular flexibility index (Phi) is 6.28. The summed E-state index contributed by atoms with van der Waals surface area (Å²) in [6.07, 6.45) is 1.94. The summed E-state index contributed by atoms with van der Waals surface area (Å²) in [5, 5.41) is 3.47. The molecule has 0 amide bonds. The number of ether oxygens (including phenoxy) is 3. The van der Waals surface area contributed by atoms with Gasteiger partial charge in [0, 0.05) is 52.4 Å². The number of methoxy groups -OCH3 is 1. The second-order valence-electron chi connectivity index (χ2n) is 4.44. The van der Waals surface area contributed by atoms with Crippen molar-refractivity contribution in [3.63, 3.8) is 0 Å². The van der Waals surface area contributed by atoms with Gasteiger partial charge in [0.25, 0.3) is 0 Å². The highest BCUT2D eigenvalue weighted by atomic mass is 16.5. The first-order valence-electron chi connectivity index (χ1n) is 6.16. The molecule has 1 heterocycles. The molecular formula is C12H25NO3. The van der Waals surface area contributed by atoms with E-state index in [1.165, 1.54) is 0 Å². The zero-order valence-corrected chi connectivity index (χ0v) is 10.8. The molecule has 1 N–H and O–H groups in total. The molecule has 1 atom stereocenters. The molecule has 0 bridgehead atoms. The summed E-state index contributed by atoms with van der Waals surface area (Å²) in [5.41, 5.74) is -0.0429. The van der Waals surface area contributed by atoms with Crippen molar-refractivity contribution >= 4 is 0 Å². The van der Waals surface area contributed by atoms with Crippen molar-refractivity contribution in [3.8, 4) is 0 Å². The third kappa shape index (κ3) is 4.37. The second-order valence-corrected chi connectivity index (χ2v) is 4.44. The van der Waals surface area contributed by atoms with Gasteiger partial charge in [-0.3, -0.25) is 0 Å². The molecule has 1 aliphatic heterocycles. The minimum Gasteiger partial charge on any atom is -0.381 e. The molecule has 0 radical (unpaired) electrons. The monoisotopic (exact) mass is 231 g/mol. The minimum absolute atomic E-state index is 0.0429. The van der Waals surface area contributed by atoms with Crippen molar-refractivity contribution in [1.82, 2.24) is 5.32 Å². The SMILES string of the molecule is CCOCC(C)NCC1(OC)CCOCC1. The maximum atomic E-state index is 5.65. The van der Waals surface area contributed by atoms with E-state index in [2.05, 4.69) is 12.2 Å². The highest BCUT2D eigenvalue weighted by Gasteiger charge is 2.32. The third-order valence-corrected chi connectivity index (χ3v) is 3.18. The smallest absolute Gasteiger partial charge is 0.0846 e. The maximum absolute atomic E-state index is 5.65. The first-order chi connectivity index (χ1) is 7.72. The Hall–Kier alpha value is -0.160. The van der Waals surface area contributed by atoms with Gasteiger partial charge in [0.05, 0.1) is 12.2 Å². The maximum Gasteiger partial charge on any atom is 0.0846 e. The zero-order chi connectivity index (χ0) is 11.9. The van der Waals surface area contributed by atoms with Crippen molar-refractivity contribution in [2.75, 3.05) is 40.1 Å². The first-order valence-corrected chi connectivity index (χ1v) is 6.16. The highest BCUT2D eigenvalue weighted by molar-refractivity contribution is 4.86. The fraction of sp³-hybridized carbons (Fsp3) is 1.00. The Labute approximate surface area is 98.6 Å². The van der Waals surface area contributed by atoms with Crippen LogP contribution >= 0.6 is 0 Å². The molecule has 1 fully saturated rings. The predicted molar refractivity (Wildman–Crippen MR) is 63.8 cm³/mol. The fourth-order valence-corrected chi connectivity index (χ4v) is 1.91. The van der Waals surface area contributed by atoms with Gasteiger partial charge in [-0.1, -0.05) is 0 Å². The number of nitrogens with one attached hydrogen (secondary N) is 1. The van der Waals surface area contributed by atoms with Crippen LogP contribution in [0.2, 0.25) is 0 Å². The highest BCUT2D eigenvalue weighted by Crippen LogP contribution is 2.23. The molecule has 0 aromatic heterocycles. The van der Waals surface area contributed by atoms with Gasteiger partial charge in [0.1, 0.15) is 0 Å². The topological polar surface area (TPSA) is 39.7 Å². The molecule has 96 valence electrons. The molecule has 0 aromatic rings. The van der Waals surface area contributed by atoms with Gasteiger partial charge in [0.2, 0.25) is 0 Å². The van der Waals surface area contributed by atoms with E-state index >= 15 is 0 Å². The van der Waals surface area contributed by atoms with Crippen molar-refractivity contribution in [2.24, 2.45) is 0 Å². The van der Waals surface area contributed by atoms with Crippen molar-refractivity contribution < 1.29 is 14.2 Å². The average molecular weight is 231 g/mol. The minimum atomic E-state index is -0.0429. The van der Waals surface area contributed by atoms with Crippen LogP contribution in [0.1, 0.15) is 26.7 Å². The summed E-state index contributed by atoms with van der Waals surface area (Å²) < 4.78 is 16.4. The lowest BCUT2D eigenvalue weighted by Gasteiger charge is -2.36. The van der Waals surface area contributed by atoms with E-state index in [9.17, 15) is 0 Å². The van der Waals surface area contributed by atoms with Gasteiger partial charge in [-0.2, -0.15) is 0 Å². The lowest BCUT2D eigenvalue weighted by Crippen LogP contribution is -2.49. The van der Waals surface area contributed by atoms with Crippen LogP contribution in [0, 0.1) is 0 Å². The van der Waals surface area contributed by atoms with Crippen molar-refractivity contribution in [3.05, 3.63) is 0 Å². The van der Waals surface area contributed by atoms with Gasteiger partial charge in [0.15, 0.2) is 0 Å². The zero-order valence-electron chi connectivity index (χ0n) is 10.8. The molecular weight excluding hydrogens is 206 g/mol. The van der Waals surface area contributed by atoms with Crippen LogP contribution in [0.15, 0.2) is 0 Å². The Morgan fingerprint density at radius 1 is 1.38 bits per heavy atom. The van der Waals surface area contributed by atoms with Crippen LogP contribution in [0.3, 0.4) is 0 Å². The van der Waals surface area contributed by atoms with Crippen LogP contribution in [-0.4, -0.2) is 51.7 Å². The molecule has 4 heteroatoms. The Balaban J connectivity index is 2.27. The molecule has 4 nitrogen and oxygen atoms in total. The van der Waals surface area contributed by atoms with E-state index < -0.39 is 0 Å². The van der Waals surface area contributed by atoms with Gasteiger partial charge < -0.3 is 19.5 Å². The molecule has 0 aromatic carbocycles. The summed E-state index contributed by atoms with van der Waals surface area (Å²) >= 11 is 0. The summed E-state index contributed by atoms with van der Waals surface area (Å²) in [5.74, 6) is 0. The molecule has 0 spiro atoms. The summed E-state index contributed by atoms with van der Waals surface area (Å²) in [6.45, 7) is 8.16. The van der Waals surface area contributed by atoms with Crippen LogP contribution in [0.5, 0.6) is 0 Å². The molecule has 1 rings (SSSR count). The van der Waals surface area contributed by atoms with Crippen LogP contribution in [0.4, 0.5) is 0 Å². The van der Waals surface area contributed by atoms with Gasteiger partial charge in [-0.05, 0) is 13.8 Å². The van der Waals surface area contributed by atoms with Gasteiger partial charge >= 0.3 is 0 Å². The predicted octanol–water partition coefficient (Wildman–Crippen LogP) is 1.20. The Bertz CT molecular complexity index is 181. The molecule has 0 saturated carbocycles. The number of hydrogen-bond acceptors (Lipinski definition) is 4. The number of hydrogen-bond donors (Lipinski definition) is 1. The average Bonchev–Trinajstić information content (AvgIpc) is 2.35. The van der Waals surface area contributed by atoms with Crippen molar-refractivity contribution in [1.29, 1.82) is 0 Å². The first kappa shape index (κ1) is 13.9. The summed E-state index contributed by atoms with van der Waals surface area (Å²) in [7, 11) is 1.79. The fourth-order valence-electron chi connectivity index (χ4n) is 1.91. The van der Waals surface area contributed by atoms with E-state index in [-0.39, 0.29) is 5.60 Å². The second kappa shape index (κ2) is 7.22. The lowest BCUT2D eigenvalue weighted by atomic mass is 9.94. The van der Waals surface area contributed by atoms with Crippen LogP contribution in [0.25, 0.3) is 0 Å². The molecule has 1 saturated heterocycles. The largest absolute Gasteiger partial charge is 0.381 e. The summed E-state index contributed by atoms with van der Waals surface area (Å²) in [4.78, 5) is 0. The molecule has 0 aliphatic carbocycles. The quantitative estimate of drug-likeness (QED) is 0.714. The van der Waals surface area contributed by atoms with E-state index in [0.29, 0.717) is 6.04 Å². The van der Waals surface area contributed by atoms with Gasteiger partial charge in [-0.25, -0.2) is 0 Å². The normalized spacial score (nSPS) is 21.9. The number of rotatable bonds is 7. The van der Waals surface area contributed by atoms with E-state index in [1.807, 2.05) is 6.92 Å². The Morgan fingerprint density at radius 2 is 2.06 bits per heavy atom. The van der Waals surface area contributed by atoms with E-state index in [0.717, 1.165) is 45.8 Å². The molecule has 16 heavy (non-hydrogen) atoms. The molecule has 1 aliphatic rings. The van der Waals surface area contributed by atoms with E-state index in [4.69, 9.17) is 14.2 Å². The van der Waals surface area contributed by atoms with Crippen molar-refractivity contribution in [2.45, 2.75) is 38.3 Å². The molecule has 1 unspecified atom stereocenters. The summed E-state index contributed by atoms with van der Waals surface area (Å²) in [6, 6.07) is 0.370. The van der Waals surface area contributed by atoms with Crippen LogP contribution < -0.4 is 5.32 Å².